The van der Waals surface area contributed by atoms with Crippen LogP contribution in [0.4, 0.5) is 5.13 Å². The Morgan fingerprint density at radius 2 is 2.14 bits per heavy atom. The molecule has 0 unspecified atom stereocenters. The van der Waals surface area contributed by atoms with Gasteiger partial charge in [-0.15, -0.1) is 11.3 Å². The molecule has 0 aliphatic heterocycles. The number of nitrogens with zero attached hydrogens (tertiary/aromatic N) is 3. The Labute approximate surface area is 132 Å². The quantitative estimate of drug-likeness (QED) is 0.493. The first kappa shape index (κ1) is 17.7. The molecule has 0 aliphatic carbocycles. The van der Waals surface area contributed by atoms with Gasteiger partial charge in [-0.2, -0.15) is 4.99 Å². The number of aliphatic imine (C=N–C) groups is 1. The van der Waals surface area contributed by atoms with Crippen molar-refractivity contribution in [3.8, 4) is 11.3 Å². The minimum atomic E-state index is -0.833. The van der Waals surface area contributed by atoms with E-state index >= 15 is 0 Å². The van der Waals surface area contributed by atoms with Crippen LogP contribution in [0.3, 0.4) is 0 Å². The maximum absolute atomic E-state index is 9.00. The summed E-state index contributed by atoms with van der Waals surface area (Å²) in [6.45, 7) is 1.95. The number of aromatic amines is 1. The molecular formula is C13H20N6O2S. The number of nitrogens with one attached hydrogen (secondary N) is 1. The van der Waals surface area contributed by atoms with Crippen LogP contribution in [-0.4, -0.2) is 46.0 Å². The summed E-state index contributed by atoms with van der Waals surface area (Å²) in [5.74, 6) is -0.807. The third kappa shape index (κ3) is 6.37. The molecule has 0 aliphatic rings. The average Bonchev–Trinajstić information content (AvgIpc) is 2.95. The summed E-state index contributed by atoms with van der Waals surface area (Å²) in [4.78, 5) is 22.6. The smallest absolute Gasteiger partial charge is 0.300 e. The Bertz CT molecular complexity index is 639. The van der Waals surface area contributed by atoms with Gasteiger partial charge in [-0.3, -0.25) is 4.79 Å². The van der Waals surface area contributed by atoms with E-state index in [-0.39, 0.29) is 5.96 Å². The zero-order valence-electron chi connectivity index (χ0n) is 12.7. The van der Waals surface area contributed by atoms with Crippen molar-refractivity contribution in [2.45, 2.75) is 13.5 Å². The first-order valence-corrected chi connectivity index (χ1v) is 7.23. The summed E-state index contributed by atoms with van der Waals surface area (Å²) in [5.41, 5.74) is 13.7. The number of carboxylic acids is 1. The zero-order valence-corrected chi connectivity index (χ0v) is 13.5. The molecule has 8 nitrogen and oxygen atoms in total. The lowest BCUT2D eigenvalue weighted by atomic mass is 10.2. The van der Waals surface area contributed by atoms with Gasteiger partial charge in [0.15, 0.2) is 5.96 Å². The van der Waals surface area contributed by atoms with Crippen molar-refractivity contribution in [3.63, 3.8) is 0 Å². The molecule has 22 heavy (non-hydrogen) atoms. The van der Waals surface area contributed by atoms with Crippen LogP contribution >= 0.6 is 11.3 Å². The molecule has 9 heteroatoms. The van der Waals surface area contributed by atoms with E-state index in [1.165, 1.54) is 11.3 Å². The summed E-state index contributed by atoms with van der Waals surface area (Å²) in [6, 6.07) is 2.08. The third-order valence-electron chi connectivity index (χ3n) is 2.24. The van der Waals surface area contributed by atoms with Gasteiger partial charge < -0.3 is 26.5 Å². The maximum Gasteiger partial charge on any atom is 0.300 e. The second-order valence-corrected chi connectivity index (χ2v) is 5.56. The van der Waals surface area contributed by atoms with Crippen molar-refractivity contribution in [2.75, 3.05) is 14.1 Å². The SMILES string of the molecule is CC(=O)O.CN(C)Cc1cc(-c2csc(N=C(N)N)n2)c[nH]1. The lowest BCUT2D eigenvalue weighted by molar-refractivity contribution is -0.134. The lowest BCUT2D eigenvalue weighted by Crippen LogP contribution is -2.21. The van der Waals surface area contributed by atoms with Crippen LogP contribution in [0.15, 0.2) is 22.6 Å². The number of aromatic nitrogens is 2. The third-order valence-corrected chi connectivity index (χ3v) is 2.98. The van der Waals surface area contributed by atoms with E-state index in [2.05, 4.69) is 25.9 Å². The van der Waals surface area contributed by atoms with Crippen LogP contribution in [0.2, 0.25) is 0 Å². The molecule has 2 aromatic heterocycles. The van der Waals surface area contributed by atoms with Gasteiger partial charge in [0.05, 0.1) is 5.69 Å². The molecule has 6 N–H and O–H groups in total. The van der Waals surface area contributed by atoms with Crippen molar-refractivity contribution in [2.24, 2.45) is 16.5 Å². The highest BCUT2D eigenvalue weighted by Crippen LogP contribution is 2.27. The standard InChI is InChI=1S/C11H16N6S.C2H4O2/c1-17(2)5-8-3-7(4-14-8)9-6-18-11(15-9)16-10(12)13;1-2(3)4/h3-4,6,14H,5H2,1-2H3,(H4,12,13,15,16);1H3,(H,3,4). The van der Waals surface area contributed by atoms with Crippen molar-refractivity contribution in [3.05, 3.63) is 23.3 Å². The van der Waals surface area contributed by atoms with Crippen LogP contribution in [0.1, 0.15) is 12.6 Å². The molecule has 0 bridgehead atoms. The van der Waals surface area contributed by atoms with Crippen molar-refractivity contribution < 1.29 is 9.90 Å². The summed E-state index contributed by atoms with van der Waals surface area (Å²) < 4.78 is 0. The Balaban J connectivity index is 0.000000541. The van der Waals surface area contributed by atoms with Gasteiger partial charge in [0.25, 0.3) is 5.97 Å². The number of thiazole rings is 1. The minimum absolute atomic E-state index is 0.0262. The Hall–Kier alpha value is -2.39. The molecule has 0 saturated carbocycles. The van der Waals surface area contributed by atoms with Crippen molar-refractivity contribution >= 4 is 28.4 Å². The molecule has 0 atom stereocenters. The van der Waals surface area contributed by atoms with Crippen molar-refractivity contribution in [1.29, 1.82) is 0 Å². The second kappa shape index (κ2) is 8.15. The van der Waals surface area contributed by atoms with Crippen LogP contribution in [0.5, 0.6) is 0 Å². The molecule has 2 aromatic rings. The van der Waals surface area contributed by atoms with Crippen LogP contribution in [-0.2, 0) is 11.3 Å². The maximum atomic E-state index is 9.00. The first-order chi connectivity index (χ1) is 10.3. The van der Waals surface area contributed by atoms with Crippen LogP contribution in [0.25, 0.3) is 11.3 Å². The minimum Gasteiger partial charge on any atom is -0.481 e. The molecule has 2 heterocycles. The van der Waals surface area contributed by atoms with E-state index in [1.54, 1.807) is 0 Å². The fourth-order valence-corrected chi connectivity index (χ4v) is 2.29. The summed E-state index contributed by atoms with van der Waals surface area (Å²) in [7, 11) is 4.06. The number of carbonyl (C=O) groups is 1. The molecule has 0 aromatic carbocycles. The van der Waals surface area contributed by atoms with Gasteiger partial charge in [0.2, 0.25) is 5.13 Å². The number of H-pyrrole nitrogens is 1. The van der Waals surface area contributed by atoms with Gasteiger partial charge >= 0.3 is 0 Å². The largest absolute Gasteiger partial charge is 0.481 e. The molecule has 0 fully saturated rings. The molecule has 120 valence electrons. The highest BCUT2D eigenvalue weighted by atomic mass is 32.1. The first-order valence-electron chi connectivity index (χ1n) is 6.35. The predicted molar refractivity (Wildman–Crippen MR) is 88.1 cm³/mol. The highest BCUT2D eigenvalue weighted by molar-refractivity contribution is 7.13. The van der Waals surface area contributed by atoms with Crippen LogP contribution < -0.4 is 11.5 Å². The Morgan fingerprint density at radius 3 is 2.68 bits per heavy atom. The number of nitrogens with two attached hydrogens (primary N) is 2. The monoisotopic (exact) mass is 324 g/mol. The number of carboxylic acid groups (broad SMARTS) is 1. The van der Waals surface area contributed by atoms with E-state index in [0.717, 1.165) is 30.4 Å². The number of aliphatic carboxylic acids is 1. The van der Waals surface area contributed by atoms with Gasteiger partial charge in [-0.05, 0) is 20.2 Å². The van der Waals surface area contributed by atoms with Gasteiger partial charge in [-0.25, -0.2) is 4.98 Å². The second-order valence-electron chi connectivity index (χ2n) is 4.72. The van der Waals surface area contributed by atoms with E-state index in [4.69, 9.17) is 21.4 Å². The van der Waals surface area contributed by atoms with Gasteiger partial charge in [0, 0.05) is 36.3 Å². The summed E-state index contributed by atoms with van der Waals surface area (Å²) in [5, 5.41) is 9.92. The van der Waals surface area contributed by atoms with E-state index in [9.17, 15) is 0 Å². The molecule has 0 spiro atoms. The predicted octanol–water partition coefficient (Wildman–Crippen LogP) is 1.20. The van der Waals surface area contributed by atoms with Gasteiger partial charge in [-0.1, -0.05) is 0 Å². The molecule has 0 radical (unpaired) electrons. The van der Waals surface area contributed by atoms with E-state index in [1.807, 2.05) is 25.7 Å². The average molecular weight is 324 g/mol. The fraction of sp³-hybridized carbons (Fsp3) is 0.308. The normalized spacial score (nSPS) is 10.0. The van der Waals surface area contributed by atoms with Gasteiger partial charge in [0.1, 0.15) is 0 Å². The number of guanidine groups is 1. The summed E-state index contributed by atoms with van der Waals surface area (Å²) in [6.07, 6.45) is 1.94. The number of rotatable bonds is 4. The number of hydrogen-bond donors (Lipinski definition) is 4. The van der Waals surface area contributed by atoms with E-state index < -0.39 is 5.97 Å². The molecular weight excluding hydrogens is 304 g/mol. The highest BCUT2D eigenvalue weighted by Gasteiger charge is 2.07. The number of hydrogen-bond acceptors (Lipinski definition) is 5. The Kier molecular flexibility index (Phi) is 6.54. The van der Waals surface area contributed by atoms with E-state index in [0.29, 0.717) is 5.13 Å². The zero-order chi connectivity index (χ0) is 16.7. The molecule has 2 rings (SSSR count). The summed E-state index contributed by atoms with van der Waals surface area (Å²) >= 11 is 1.41. The van der Waals surface area contributed by atoms with Crippen molar-refractivity contribution in [1.82, 2.24) is 14.9 Å². The topological polar surface area (TPSA) is 134 Å². The molecule has 0 saturated heterocycles. The Morgan fingerprint density at radius 1 is 1.50 bits per heavy atom. The fourth-order valence-electron chi connectivity index (χ4n) is 1.58. The lowest BCUT2D eigenvalue weighted by Gasteiger charge is -2.06. The van der Waals surface area contributed by atoms with Crippen LogP contribution in [0, 0.1) is 0 Å². The molecule has 0 amide bonds.